The number of carbonyl (C=O) groups excluding carboxylic acids is 1. The van der Waals surface area contributed by atoms with Crippen molar-refractivity contribution in [1.29, 1.82) is 0 Å². The summed E-state index contributed by atoms with van der Waals surface area (Å²) < 4.78 is 18.2. The first-order valence-corrected chi connectivity index (χ1v) is 10.2. The maximum absolute atomic E-state index is 13.0. The van der Waals surface area contributed by atoms with E-state index in [0.29, 0.717) is 60.8 Å². The fraction of sp³-hybridized carbons (Fsp3) is 0.227. The molecule has 4 aromatic rings. The van der Waals surface area contributed by atoms with E-state index in [2.05, 4.69) is 31.0 Å². The summed E-state index contributed by atoms with van der Waals surface area (Å²) in [6.45, 7) is 0.864. The summed E-state index contributed by atoms with van der Waals surface area (Å²) >= 11 is 0. The zero-order valence-electron chi connectivity index (χ0n) is 17.1. The Bertz CT molecular complexity index is 1270. The number of hydrogen-bond acceptors (Lipinski definition) is 7. The van der Waals surface area contributed by atoms with Crippen LogP contribution in [0.3, 0.4) is 0 Å². The lowest BCUT2D eigenvalue weighted by Gasteiger charge is -2.09. The van der Waals surface area contributed by atoms with Crippen LogP contribution in [0.1, 0.15) is 18.7 Å². The van der Waals surface area contributed by atoms with Crippen molar-refractivity contribution in [2.75, 3.05) is 18.4 Å². The molecule has 0 atom stereocenters. The Hall–Kier alpha value is -4.08. The Kier molecular flexibility index (Phi) is 6.49. The maximum Gasteiger partial charge on any atom is 0.272 e. The number of benzene rings is 2. The fourth-order valence-electron chi connectivity index (χ4n) is 3.19. The summed E-state index contributed by atoms with van der Waals surface area (Å²) in [6.07, 6.45) is 1.33. The Morgan fingerprint density at radius 1 is 1.06 bits per heavy atom. The molecule has 0 fully saturated rings. The first-order valence-electron chi connectivity index (χ1n) is 10.2. The number of halogens is 1. The zero-order chi connectivity index (χ0) is 22.3. The molecule has 2 heterocycles. The number of aromatic amines is 1. The number of nitrogens with one attached hydrogen (secondary N) is 3. The number of hydrogen-bond donors (Lipinski definition) is 3. The zero-order valence-corrected chi connectivity index (χ0v) is 17.1. The third-order valence-corrected chi connectivity index (χ3v) is 4.80. The number of H-pyrrole nitrogens is 1. The van der Waals surface area contributed by atoms with Crippen LogP contribution in [-0.4, -0.2) is 39.3 Å². The molecule has 3 N–H and O–H groups in total. The second-order valence-corrected chi connectivity index (χ2v) is 7.10. The lowest BCUT2D eigenvalue weighted by atomic mass is 10.2. The monoisotopic (exact) mass is 436 g/mol. The Balaban J connectivity index is 1.18. The highest BCUT2D eigenvalue weighted by Gasteiger charge is 2.10. The van der Waals surface area contributed by atoms with Crippen LogP contribution in [0.2, 0.25) is 0 Å². The topological polar surface area (TPSA) is 126 Å². The van der Waals surface area contributed by atoms with Crippen LogP contribution in [-0.2, 0) is 11.2 Å². The van der Waals surface area contributed by atoms with Gasteiger partial charge in [-0.3, -0.25) is 9.59 Å². The SMILES string of the molecule is O=C(CCCc1nc(-c2ccc(F)cc2)no1)NCCNc1n[nH]c(=O)c2ccccc12. The third-order valence-electron chi connectivity index (χ3n) is 4.80. The van der Waals surface area contributed by atoms with Gasteiger partial charge in [0.05, 0.1) is 5.39 Å². The van der Waals surface area contributed by atoms with Gasteiger partial charge in [0.15, 0.2) is 5.82 Å². The van der Waals surface area contributed by atoms with Gasteiger partial charge >= 0.3 is 0 Å². The molecule has 0 saturated carbocycles. The molecular weight excluding hydrogens is 415 g/mol. The van der Waals surface area contributed by atoms with E-state index < -0.39 is 0 Å². The molecule has 0 spiro atoms. The van der Waals surface area contributed by atoms with Gasteiger partial charge in [-0.05, 0) is 36.8 Å². The number of amides is 1. The molecule has 0 bridgehead atoms. The van der Waals surface area contributed by atoms with Gasteiger partial charge in [-0.25, -0.2) is 9.49 Å². The van der Waals surface area contributed by atoms with E-state index in [1.54, 1.807) is 24.3 Å². The van der Waals surface area contributed by atoms with Gasteiger partial charge in [-0.1, -0.05) is 23.4 Å². The predicted molar refractivity (Wildman–Crippen MR) is 116 cm³/mol. The summed E-state index contributed by atoms with van der Waals surface area (Å²) in [5.74, 6) is 0.947. The van der Waals surface area contributed by atoms with Crippen LogP contribution in [0, 0.1) is 5.82 Å². The average Bonchev–Trinajstić information content (AvgIpc) is 3.27. The summed E-state index contributed by atoms with van der Waals surface area (Å²) in [5, 5.41) is 17.6. The van der Waals surface area contributed by atoms with Crippen LogP contribution >= 0.6 is 0 Å². The van der Waals surface area contributed by atoms with E-state index in [9.17, 15) is 14.0 Å². The molecule has 0 aliphatic carbocycles. The number of aryl methyl sites for hydroxylation is 1. The van der Waals surface area contributed by atoms with Crippen molar-refractivity contribution < 1.29 is 13.7 Å². The van der Waals surface area contributed by atoms with Crippen molar-refractivity contribution in [3.8, 4) is 11.4 Å². The number of carbonyl (C=O) groups is 1. The molecule has 0 saturated heterocycles. The van der Waals surface area contributed by atoms with E-state index in [1.807, 2.05) is 12.1 Å². The van der Waals surface area contributed by atoms with E-state index in [-0.39, 0.29) is 17.3 Å². The van der Waals surface area contributed by atoms with Gasteiger partial charge in [0, 0.05) is 36.9 Å². The molecule has 32 heavy (non-hydrogen) atoms. The van der Waals surface area contributed by atoms with E-state index in [4.69, 9.17) is 4.52 Å². The van der Waals surface area contributed by atoms with Gasteiger partial charge in [-0.15, -0.1) is 0 Å². The van der Waals surface area contributed by atoms with Gasteiger partial charge in [0.1, 0.15) is 5.82 Å². The Morgan fingerprint density at radius 3 is 2.66 bits per heavy atom. The number of fused-ring (bicyclic) bond motifs is 1. The first-order chi connectivity index (χ1) is 15.6. The summed E-state index contributed by atoms with van der Waals surface area (Å²) in [6, 6.07) is 13.0. The largest absolute Gasteiger partial charge is 0.366 e. The molecule has 2 aromatic heterocycles. The molecular formula is C22H21FN6O3. The van der Waals surface area contributed by atoms with E-state index in [1.165, 1.54) is 12.1 Å². The Morgan fingerprint density at radius 2 is 1.84 bits per heavy atom. The molecule has 4 rings (SSSR count). The lowest BCUT2D eigenvalue weighted by molar-refractivity contribution is -0.121. The highest BCUT2D eigenvalue weighted by atomic mass is 19.1. The number of aromatic nitrogens is 4. The van der Waals surface area contributed by atoms with Gasteiger partial charge in [0.25, 0.3) is 5.56 Å². The molecule has 0 radical (unpaired) electrons. The fourth-order valence-corrected chi connectivity index (χ4v) is 3.19. The van der Waals surface area contributed by atoms with Crippen molar-refractivity contribution in [2.24, 2.45) is 0 Å². The van der Waals surface area contributed by atoms with Crippen LogP contribution < -0.4 is 16.2 Å². The maximum atomic E-state index is 13.0. The van der Waals surface area contributed by atoms with E-state index >= 15 is 0 Å². The van der Waals surface area contributed by atoms with E-state index in [0.717, 1.165) is 5.39 Å². The van der Waals surface area contributed by atoms with Crippen LogP contribution in [0.4, 0.5) is 10.2 Å². The summed E-state index contributed by atoms with van der Waals surface area (Å²) in [5.41, 5.74) is 0.418. The van der Waals surface area contributed by atoms with Crippen molar-refractivity contribution in [2.45, 2.75) is 19.3 Å². The second-order valence-electron chi connectivity index (χ2n) is 7.10. The molecule has 0 aliphatic rings. The molecule has 10 heteroatoms. The smallest absolute Gasteiger partial charge is 0.272 e. The highest BCUT2D eigenvalue weighted by Crippen LogP contribution is 2.17. The first kappa shape index (κ1) is 21.2. The standard InChI is InChI=1S/C22H21FN6O3/c23-15-10-8-14(9-11-15)20-26-19(32-29-20)7-3-6-18(30)24-12-13-25-21-16-4-1-2-5-17(16)22(31)28-27-21/h1-2,4-5,8-11H,3,6-7,12-13H2,(H,24,30)(H,25,27)(H,28,31). The molecule has 164 valence electrons. The number of anilines is 1. The minimum Gasteiger partial charge on any atom is -0.366 e. The highest BCUT2D eigenvalue weighted by molar-refractivity contribution is 5.90. The van der Waals surface area contributed by atoms with Crippen molar-refractivity contribution in [3.05, 3.63) is 70.6 Å². The third kappa shape index (κ3) is 5.15. The number of rotatable bonds is 9. The molecule has 9 nitrogen and oxygen atoms in total. The number of nitrogens with zero attached hydrogens (tertiary/aromatic N) is 3. The quantitative estimate of drug-likeness (QED) is 0.344. The second kappa shape index (κ2) is 9.82. The molecule has 0 aliphatic heterocycles. The Labute approximate surface area is 182 Å². The normalized spacial score (nSPS) is 10.9. The molecule has 2 aromatic carbocycles. The van der Waals surface area contributed by atoms with Gasteiger partial charge in [0.2, 0.25) is 17.6 Å². The van der Waals surface area contributed by atoms with Crippen LogP contribution in [0.15, 0.2) is 57.8 Å². The lowest BCUT2D eigenvalue weighted by Crippen LogP contribution is -2.29. The van der Waals surface area contributed by atoms with Crippen molar-refractivity contribution >= 4 is 22.5 Å². The van der Waals surface area contributed by atoms with Gasteiger partial charge in [-0.2, -0.15) is 10.1 Å². The molecule has 1 amide bonds. The predicted octanol–water partition coefficient (Wildman–Crippen LogP) is 2.66. The summed E-state index contributed by atoms with van der Waals surface area (Å²) in [7, 11) is 0. The summed E-state index contributed by atoms with van der Waals surface area (Å²) in [4.78, 5) is 28.1. The minimum atomic E-state index is -0.331. The average molecular weight is 436 g/mol. The van der Waals surface area contributed by atoms with Gasteiger partial charge < -0.3 is 15.2 Å². The minimum absolute atomic E-state index is 0.0932. The van der Waals surface area contributed by atoms with Crippen molar-refractivity contribution in [1.82, 2.24) is 25.7 Å². The van der Waals surface area contributed by atoms with Crippen molar-refractivity contribution in [3.63, 3.8) is 0 Å². The van der Waals surface area contributed by atoms with Crippen LogP contribution in [0.5, 0.6) is 0 Å². The van der Waals surface area contributed by atoms with Crippen LogP contribution in [0.25, 0.3) is 22.2 Å². The molecule has 0 unspecified atom stereocenters.